The second kappa shape index (κ2) is 8.41. The number of hydrogen-bond acceptors (Lipinski definition) is 5. The van der Waals surface area contributed by atoms with Crippen molar-refractivity contribution in [3.63, 3.8) is 0 Å². The average Bonchev–Trinajstić information content (AvgIpc) is 2.28. The van der Waals surface area contributed by atoms with Gasteiger partial charge in [0.05, 0.1) is 6.61 Å². The van der Waals surface area contributed by atoms with E-state index in [1.807, 2.05) is 0 Å². The van der Waals surface area contributed by atoms with Gasteiger partial charge in [0.15, 0.2) is 12.3 Å². The summed E-state index contributed by atoms with van der Waals surface area (Å²) in [5.74, 6) is -2.22. The van der Waals surface area contributed by atoms with Gasteiger partial charge in [0.2, 0.25) is 5.78 Å². The van der Waals surface area contributed by atoms with Gasteiger partial charge < -0.3 is 9.47 Å². The fraction of sp³-hybridized carbons (Fsp3) is 0.556. The molecule has 0 aliphatic carbocycles. The van der Waals surface area contributed by atoms with Crippen LogP contribution in [0.15, 0.2) is 12.7 Å². The number of hydrogen-bond donors (Lipinski definition) is 1. The molecular formula is C9H12F2KNO4. The Bertz CT molecular complexity index is 301. The molecule has 1 aliphatic rings. The molecule has 1 aliphatic heterocycles. The van der Waals surface area contributed by atoms with E-state index < -0.39 is 30.5 Å². The third kappa shape index (κ3) is 5.21. The molecule has 1 saturated heterocycles. The minimum atomic E-state index is -3.16. The first-order chi connectivity index (χ1) is 7.56. The topological polar surface area (TPSA) is 64.6 Å². The van der Waals surface area contributed by atoms with Gasteiger partial charge in [-0.15, -0.1) is 0 Å². The first-order valence-electron chi connectivity index (χ1n) is 4.56. The molecule has 1 rings (SSSR count). The number of Topliss-reactive ketones (excluding diaryl/α,β-unsaturated/α-hetero) is 1. The number of ketones is 1. The second-order valence-corrected chi connectivity index (χ2v) is 3.01. The molecule has 2 atom stereocenters. The van der Waals surface area contributed by atoms with Crippen LogP contribution >= 0.6 is 0 Å². The number of carbonyl (C=O) groups excluding carboxylic acids is 2. The molecule has 0 bridgehead atoms. The zero-order chi connectivity index (χ0) is 12.1. The van der Waals surface area contributed by atoms with E-state index in [0.717, 1.165) is 6.08 Å². The van der Waals surface area contributed by atoms with Gasteiger partial charge in [0.1, 0.15) is 0 Å². The van der Waals surface area contributed by atoms with Crippen LogP contribution in [-0.2, 0) is 19.1 Å². The molecule has 5 nitrogen and oxygen atoms in total. The number of esters is 1. The summed E-state index contributed by atoms with van der Waals surface area (Å²) >= 11 is 0. The third-order valence-electron chi connectivity index (χ3n) is 1.93. The Hall–Kier alpha value is 0.296. The molecule has 92 valence electrons. The summed E-state index contributed by atoms with van der Waals surface area (Å²) in [6, 6.07) is 0. The molecule has 0 amide bonds. The zero-order valence-electron chi connectivity index (χ0n) is 8.32. The van der Waals surface area contributed by atoms with E-state index in [4.69, 9.17) is 4.74 Å². The Morgan fingerprint density at radius 3 is 2.71 bits per heavy atom. The Balaban J connectivity index is 0.00000256. The second-order valence-electron chi connectivity index (χ2n) is 3.01. The number of alkyl halides is 2. The fourth-order valence-electron chi connectivity index (χ4n) is 1.21. The monoisotopic (exact) mass is 275 g/mol. The summed E-state index contributed by atoms with van der Waals surface area (Å²) in [6.07, 6.45) is -4.95. The van der Waals surface area contributed by atoms with E-state index in [2.05, 4.69) is 16.6 Å². The maximum absolute atomic E-state index is 12.2. The molecular weight excluding hydrogens is 263 g/mol. The fourth-order valence-corrected chi connectivity index (χ4v) is 1.21. The third-order valence-corrected chi connectivity index (χ3v) is 1.93. The molecule has 8 heteroatoms. The van der Waals surface area contributed by atoms with Crippen LogP contribution in [0.25, 0.3) is 0 Å². The van der Waals surface area contributed by atoms with Crippen molar-refractivity contribution in [3.05, 3.63) is 12.7 Å². The van der Waals surface area contributed by atoms with Gasteiger partial charge in [-0.25, -0.2) is 13.6 Å². The van der Waals surface area contributed by atoms with Crippen LogP contribution < -0.4 is 5.32 Å². The predicted molar refractivity (Wildman–Crippen MR) is 56.0 cm³/mol. The standard InChI is InChI=1S/C9H11F2NO4.K.H/c1-2-5(13)16-9-7(6(14)8(10)11)15-4-3-12-9;;/h2,7-9,12H,1,3-4H2;;. The summed E-state index contributed by atoms with van der Waals surface area (Å²) in [5.41, 5.74) is 0. The number of carbonyl (C=O) groups is 2. The predicted octanol–water partition coefficient (Wildman–Crippen LogP) is -0.784. The van der Waals surface area contributed by atoms with Crippen molar-refractivity contribution in [3.8, 4) is 0 Å². The van der Waals surface area contributed by atoms with Gasteiger partial charge in [-0.1, -0.05) is 6.58 Å². The zero-order valence-corrected chi connectivity index (χ0v) is 8.32. The average molecular weight is 275 g/mol. The van der Waals surface area contributed by atoms with E-state index in [1.165, 1.54) is 0 Å². The number of nitrogens with one attached hydrogen (secondary N) is 1. The minimum absolute atomic E-state index is 0. The normalized spacial score (nSPS) is 23.7. The van der Waals surface area contributed by atoms with Crippen molar-refractivity contribution in [1.29, 1.82) is 0 Å². The molecule has 0 saturated carbocycles. The van der Waals surface area contributed by atoms with Crippen LogP contribution in [0.1, 0.15) is 0 Å². The molecule has 0 aromatic rings. The quantitative estimate of drug-likeness (QED) is 0.414. The van der Waals surface area contributed by atoms with Gasteiger partial charge >= 0.3 is 57.4 Å². The van der Waals surface area contributed by atoms with Crippen molar-refractivity contribution in [2.45, 2.75) is 18.8 Å². The summed E-state index contributed by atoms with van der Waals surface area (Å²) < 4.78 is 33.9. The van der Waals surface area contributed by atoms with Crippen molar-refractivity contribution in [1.82, 2.24) is 5.32 Å². The number of ether oxygens (including phenoxy) is 2. The molecule has 0 radical (unpaired) electrons. The SMILES string of the molecule is C=CC(=O)OC1NCCOC1C(=O)C(F)F.[KH]. The number of morpholine rings is 1. The summed E-state index contributed by atoms with van der Waals surface area (Å²) in [5, 5.41) is 2.60. The van der Waals surface area contributed by atoms with Gasteiger partial charge in [-0.3, -0.25) is 10.1 Å². The van der Waals surface area contributed by atoms with Gasteiger partial charge in [0, 0.05) is 12.6 Å². The Morgan fingerprint density at radius 1 is 1.53 bits per heavy atom. The van der Waals surface area contributed by atoms with Crippen LogP contribution in [0.3, 0.4) is 0 Å². The van der Waals surface area contributed by atoms with E-state index in [9.17, 15) is 18.4 Å². The molecule has 0 spiro atoms. The van der Waals surface area contributed by atoms with Crippen molar-refractivity contribution in [2.24, 2.45) is 0 Å². The van der Waals surface area contributed by atoms with Crippen molar-refractivity contribution >= 4 is 63.1 Å². The maximum atomic E-state index is 12.2. The van der Waals surface area contributed by atoms with Crippen LogP contribution in [-0.4, -0.2) is 95.0 Å². The first kappa shape index (κ1) is 17.3. The van der Waals surface area contributed by atoms with E-state index in [1.54, 1.807) is 0 Å². The van der Waals surface area contributed by atoms with Crippen LogP contribution in [0, 0.1) is 0 Å². The summed E-state index contributed by atoms with van der Waals surface area (Å²) in [7, 11) is 0. The molecule has 1 heterocycles. The molecule has 0 aromatic heterocycles. The molecule has 17 heavy (non-hydrogen) atoms. The van der Waals surface area contributed by atoms with Crippen LogP contribution in [0.5, 0.6) is 0 Å². The summed E-state index contributed by atoms with van der Waals surface area (Å²) in [4.78, 5) is 21.9. The van der Waals surface area contributed by atoms with Crippen molar-refractivity contribution < 1.29 is 27.8 Å². The van der Waals surface area contributed by atoms with Crippen LogP contribution in [0.4, 0.5) is 8.78 Å². The van der Waals surface area contributed by atoms with E-state index in [0.29, 0.717) is 6.54 Å². The van der Waals surface area contributed by atoms with Crippen molar-refractivity contribution in [2.75, 3.05) is 13.2 Å². The van der Waals surface area contributed by atoms with Gasteiger partial charge in [-0.2, -0.15) is 0 Å². The number of halogens is 2. The Kier molecular flexibility index (Phi) is 8.55. The van der Waals surface area contributed by atoms with Crippen LogP contribution in [0.2, 0.25) is 0 Å². The first-order valence-corrected chi connectivity index (χ1v) is 4.56. The number of rotatable bonds is 4. The molecule has 0 aromatic carbocycles. The molecule has 2 unspecified atom stereocenters. The van der Waals surface area contributed by atoms with E-state index in [-0.39, 0.29) is 58.0 Å². The van der Waals surface area contributed by atoms with E-state index >= 15 is 0 Å². The Morgan fingerprint density at radius 2 is 2.18 bits per heavy atom. The van der Waals surface area contributed by atoms with Gasteiger partial charge in [0.25, 0.3) is 6.43 Å². The summed E-state index contributed by atoms with van der Waals surface area (Å²) in [6.45, 7) is 3.56. The Labute approximate surface area is 139 Å². The van der Waals surface area contributed by atoms with Gasteiger partial charge in [-0.05, 0) is 0 Å². The molecule has 1 fully saturated rings. The molecule has 1 N–H and O–H groups in total.